The molecule has 0 fully saturated rings. The number of carbonyl (C=O) groups is 1. The molecule has 0 unspecified atom stereocenters. The summed E-state index contributed by atoms with van der Waals surface area (Å²) in [5.74, 6) is -0.632. The van der Waals surface area contributed by atoms with E-state index in [0.29, 0.717) is 17.8 Å². The van der Waals surface area contributed by atoms with Gasteiger partial charge < -0.3 is 14.5 Å². The van der Waals surface area contributed by atoms with Gasteiger partial charge in [0.15, 0.2) is 5.82 Å². The lowest BCUT2D eigenvalue weighted by molar-refractivity contribution is -0.256. The number of carboxylic acid groups (broad SMARTS) is 1. The highest BCUT2D eigenvalue weighted by Crippen LogP contribution is 2.48. The second-order valence-electron chi connectivity index (χ2n) is 7.99. The van der Waals surface area contributed by atoms with Crippen LogP contribution in [-0.2, 0) is 11.3 Å². The zero-order chi connectivity index (χ0) is 23.4. The largest absolute Gasteiger partial charge is 0.542 e. The van der Waals surface area contributed by atoms with Crippen molar-refractivity contribution in [2.75, 3.05) is 5.75 Å². The number of fused-ring (bicyclic) bond motifs is 1. The molecule has 5 rings (SSSR count). The Balaban J connectivity index is 1.59. The highest BCUT2D eigenvalue weighted by molar-refractivity contribution is 8.00. The molecule has 1 aromatic heterocycles. The van der Waals surface area contributed by atoms with Gasteiger partial charge >= 0.3 is 0 Å². The lowest BCUT2D eigenvalue weighted by atomic mass is 9.84. The molecule has 0 amide bonds. The average Bonchev–Trinajstić information content (AvgIpc) is 3.27. The van der Waals surface area contributed by atoms with Crippen molar-refractivity contribution in [3.63, 3.8) is 0 Å². The summed E-state index contributed by atoms with van der Waals surface area (Å²) in [6.07, 6.45) is 0. The SMILES string of the molecule is O=C([O-])c1nc2ccccc2n1CCSC(c1ccccc1)(c1ccccc1)c1ccccc1. The maximum absolute atomic E-state index is 11.8. The van der Waals surface area contributed by atoms with Crippen LogP contribution in [0.15, 0.2) is 115 Å². The maximum atomic E-state index is 11.8. The Labute approximate surface area is 202 Å². The topological polar surface area (TPSA) is 57.9 Å². The summed E-state index contributed by atoms with van der Waals surface area (Å²) in [4.78, 5) is 16.1. The van der Waals surface area contributed by atoms with Gasteiger partial charge in [-0.3, -0.25) is 0 Å². The summed E-state index contributed by atoms with van der Waals surface area (Å²) in [7, 11) is 0. The number of benzene rings is 4. The second kappa shape index (κ2) is 9.57. The molecule has 0 atom stereocenters. The van der Waals surface area contributed by atoms with E-state index >= 15 is 0 Å². The first-order chi connectivity index (χ1) is 16.7. The van der Waals surface area contributed by atoms with Crippen LogP contribution in [0.25, 0.3) is 11.0 Å². The lowest BCUT2D eigenvalue weighted by Gasteiger charge is -2.35. The number of aromatic nitrogens is 2. The minimum atomic E-state index is -1.26. The number of hydrogen-bond donors (Lipinski definition) is 0. The van der Waals surface area contributed by atoms with Gasteiger partial charge in [0.2, 0.25) is 0 Å². The van der Waals surface area contributed by atoms with Crippen molar-refractivity contribution in [3.05, 3.63) is 138 Å². The summed E-state index contributed by atoms with van der Waals surface area (Å²) < 4.78 is 1.30. The van der Waals surface area contributed by atoms with E-state index in [-0.39, 0.29) is 5.82 Å². The van der Waals surface area contributed by atoms with E-state index in [2.05, 4.69) is 77.8 Å². The van der Waals surface area contributed by atoms with Crippen LogP contribution in [0.4, 0.5) is 0 Å². The van der Waals surface area contributed by atoms with Gasteiger partial charge in [0.1, 0.15) is 5.97 Å². The molecule has 0 aliphatic carbocycles. The predicted molar refractivity (Wildman–Crippen MR) is 136 cm³/mol. The normalized spacial score (nSPS) is 11.5. The van der Waals surface area contributed by atoms with Gasteiger partial charge in [-0.05, 0) is 28.8 Å². The van der Waals surface area contributed by atoms with E-state index in [1.165, 1.54) is 16.7 Å². The Kier molecular flexibility index (Phi) is 6.19. The third-order valence-corrected chi connectivity index (χ3v) is 7.54. The molecule has 168 valence electrons. The Morgan fingerprint density at radius 2 is 1.21 bits per heavy atom. The van der Waals surface area contributed by atoms with Crippen molar-refractivity contribution in [2.24, 2.45) is 0 Å². The fourth-order valence-corrected chi connectivity index (χ4v) is 6.00. The number of hydrogen-bond acceptors (Lipinski definition) is 4. The number of imidazole rings is 1. The number of rotatable bonds is 8. The summed E-state index contributed by atoms with van der Waals surface area (Å²) in [5, 5.41) is 11.8. The first-order valence-corrected chi connectivity index (χ1v) is 12.2. The number of thioether (sulfide) groups is 1. The van der Waals surface area contributed by atoms with Crippen LogP contribution in [-0.4, -0.2) is 21.3 Å². The Morgan fingerprint density at radius 3 is 1.71 bits per heavy atom. The van der Waals surface area contributed by atoms with Crippen molar-refractivity contribution in [1.29, 1.82) is 0 Å². The number of para-hydroxylation sites is 2. The maximum Gasteiger partial charge on any atom is 0.156 e. The van der Waals surface area contributed by atoms with Crippen molar-refractivity contribution >= 4 is 28.8 Å². The van der Waals surface area contributed by atoms with E-state index in [1.54, 1.807) is 16.3 Å². The number of carboxylic acids is 1. The molecule has 1 heterocycles. The van der Waals surface area contributed by atoms with Gasteiger partial charge in [0.05, 0.1) is 15.8 Å². The number of nitrogens with zero attached hydrogens (tertiary/aromatic N) is 2. The van der Waals surface area contributed by atoms with E-state index in [4.69, 9.17) is 0 Å². The minimum absolute atomic E-state index is 0.0356. The van der Waals surface area contributed by atoms with E-state index in [0.717, 1.165) is 5.52 Å². The van der Waals surface area contributed by atoms with Crippen LogP contribution < -0.4 is 5.11 Å². The molecule has 4 aromatic carbocycles. The predicted octanol–water partition coefficient (Wildman–Crippen LogP) is 5.13. The Bertz CT molecular complexity index is 1300. The van der Waals surface area contributed by atoms with Crippen molar-refractivity contribution < 1.29 is 9.90 Å². The van der Waals surface area contributed by atoms with Gasteiger partial charge in [0.25, 0.3) is 0 Å². The van der Waals surface area contributed by atoms with Crippen LogP contribution in [0.1, 0.15) is 27.3 Å². The smallest absolute Gasteiger partial charge is 0.156 e. The molecular formula is C29H23N2O2S-. The Hall–Kier alpha value is -3.83. The second-order valence-corrected chi connectivity index (χ2v) is 9.30. The summed E-state index contributed by atoms with van der Waals surface area (Å²) >= 11 is 1.79. The molecule has 5 aromatic rings. The van der Waals surface area contributed by atoms with Crippen LogP contribution in [0.5, 0.6) is 0 Å². The van der Waals surface area contributed by atoms with Crippen LogP contribution in [0, 0.1) is 0 Å². The molecule has 0 aliphatic heterocycles. The van der Waals surface area contributed by atoms with E-state index in [9.17, 15) is 9.90 Å². The summed E-state index contributed by atoms with van der Waals surface area (Å²) in [6, 6.07) is 38.9. The summed E-state index contributed by atoms with van der Waals surface area (Å²) in [5.41, 5.74) is 4.98. The molecule has 0 radical (unpaired) electrons. The first kappa shape index (κ1) is 22.0. The zero-order valence-electron chi connectivity index (χ0n) is 18.5. The van der Waals surface area contributed by atoms with Gasteiger partial charge in [-0.25, -0.2) is 4.98 Å². The number of carbonyl (C=O) groups excluding carboxylic acids is 1. The van der Waals surface area contributed by atoms with Crippen LogP contribution in [0.3, 0.4) is 0 Å². The highest BCUT2D eigenvalue weighted by atomic mass is 32.2. The fraction of sp³-hybridized carbons (Fsp3) is 0.103. The third-order valence-electron chi connectivity index (χ3n) is 6.01. The first-order valence-electron chi connectivity index (χ1n) is 11.2. The lowest BCUT2D eigenvalue weighted by Crippen LogP contribution is -2.28. The molecule has 34 heavy (non-hydrogen) atoms. The molecule has 0 saturated heterocycles. The van der Waals surface area contributed by atoms with Gasteiger partial charge in [-0.1, -0.05) is 103 Å². The van der Waals surface area contributed by atoms with Gasteiger partial charge in [0, 0.05) is 12.3 Å². The van der Waals surface area contributed by atoms with Crippen LogP contribution in [0.2, 0.25) is 0 Å². The van der Waals surface area contributed by atoms with E-state index < -0.39 is 10.7 Å². The molecular weight excluding hydrogens is 440 g/mol. The fourth-order valence-electron chi connectivity index (χ4n) is 4.52. The number of aryl methyl sites for hydroxylation is 1. The highest BCUT2D eigenvalue weighted by Gasteiger charge is 2.36. The monoisotopic (exact) mass is 463 g/mol. The average molecular weight is 464 g/mol. The van der Waals surface area contributed by atoms with Gasteiger partial charge in [-0.2, -0.15) is 0 Å². The van der Waals surface area contributed by atoms with Crippen molar-refractivity contribution in [2.45, 2.75) is 11.3 Å². The Morgan fingerprint density at radius 1 is 0.735 bits per heavy atom. The van der Waals surface area contributed by atoms with Crippen molar-refractivity contribution in [1.82, 2.24) is 9.55 Å². The molecule has 4 nitrogen and oxygen atoms in total. The summed E-state index contributed by atoms with van der Waals surface area (Å²) in [6.45, 7) is 0.489. The molecule has 0 spiro atoms. The van der Waals surface area contributed by atoms with Gasteiger partial charge in [-0.15, -0.1) is 11.8 Å². The zero-order valence-corrected chi connectivity index (χ0v) is 19.3. The van der Waals surface area contributed by atoms with E-state index in [1.807, 2.05) is 42.5 Å². The standard InChI is InChI=1S/C29H24N2O2S/c32-28(33)27-30-25-18-10-11-19-26(25)31(27)20-21-34-29(22-12-4-1-5-13-22,23-14-6-2-7-15-23)24-16-8-3-9-17-24/h1-19H,20-21H2,(H,32,33)/p-1. The minimum Gasteiger partial charge on any atom is -0.542 e. The van der Waals surface area contributed by atoms with Crippen LogP contribution >= 0.6 is 11.8 Å². The third kappa shape index (κ3) is 3.99. The van der Waals surface area contributed by atoms with Crippen molar-refractivity contribution in [3.8, 4) is 0 Å². The quantitative estimate of drug-likeness (QED) is 0.300. The molecule has 0 saturated carbocycles. The molecule has 5 heteroatoms. The molecule has 0 aliphatic rings. The molecule has 0 N–H and O–H groups in total. The molecule has 0 bridgehead atoms. The number of aromatic carboxylic acids is 1.